The summed E-state index contributed by atoms with van der Waals surface area (Å²) >= 11 is 0. The van der Waals surface area contributed by atoms with Gasteiger partial charge in [0.05, 0.1) is 25.9 Å². The zero-order chi connectivity index (χ0) is 15.4. The number of likely N-dealkylation sites (tertiary alicyclic amines) is 1. The molecule has 0 amide bonds. The predicted octanol–water partition coefficient (Wildman–Crippen LogP) is 1.30. The Morgan fingerprint density at radius 3 is 2.57 bits per heavy atom. The number of aryl methyl sites for hydroxylation is 1. The quantitative estimate of drug-likeness (QED) is 0.804. The Labute approximate surface area is 126 Å². The molecule has 1 N–H and O–H groups in total. The Balaban J connectivity index is 1.85. The molecule has 2 heterocycles. The van der Waals surface area contributed by atoms with Gasteiger partial charge in [0.2, 0.25) is 0 Å². The lowest BCUT2D eigenvalue weighted by Gasteiger charge is -2.31. The largest absolute Gasteiger partial charge is 0.394 e. The maximum absolute atomic E-state index is 12.4. The van der Waals surface area contributed by atoms with E-state index in [9.17, 15) is 4.79 Å². The second kappa shape index (κ2) is 7.20. The Hall–Kier alpha value is -1.17. The minimum atomic E-state index is 0.0747. The van der Waals surface area contributed by atoms with E-state index in [-0.39, 0.29) is 18.5 Å². The fraction of sp³-hybridized carbons (Fsp3) is 0.688. The van der Waals surface area contributed by atoms with Crippen LogP contribution in [-0.2, 0) is 11.8 Å². The number of rotatable bonds is 6. The van der Waals surface area contributed by atoms with E-state index in [4.69, 9.17) is 9.84 Å². The highest BCUT2D eigenvalue weighted by Gasteiger charge is 2.23. The summed E-state index contributed by atoms with van der Waals surface area (Å²) in [4.78, 5) is 14.6. The molecule has 21 heavy (non-hydrogen) atoms. The molecule has 1 aliphatic rings. The molecular formula is C16H26N2O3. The van der Waals surface area contributed by atoms with Crippen LogP contribution in [0.15, 0.2) is 6.07 Å². The SMILES string of the molecule is Cc1cc(C(=O)CN2CCC(OCCO)CC2)c(C)n1C. The molecule has 1 aromatic heterocycles. The summed E-state index contributed by atoms with van der Waals surface area (Å²) in [5, 5.41) is 8.76. The first-order valence-corrected chi connectivity index (χ1v) is 7.64. The van der Waals surface area contributed by atoms with Crippen LogP contribution in [0.25, 0.3) is 0 Å². The number of carbonyl (C=O) groups is 1. The normalized spacial score (nSPS) is 17.3. The van der Waals surface area contributed by atoms with Crippen molar-refractivity contribution in [2.75, 3.05) is 32.8 Å². The van der Waals surface area contributed by atoms with Gasteiger partial charge < -0.3 is 14.4 Å². The van der Waals surface area contributed by atoms with Crippen molar-refractivity contribution in [2.45, 2.75) is 32.8 Å². The Bertz CT molecular complexity index is 488. The van der Waals surface area contributed by atoms with Crippen molar-refractivity contribution in [1.29, 1.82) is 0 Å². The number of ether oxygens (including phenoxy) is 1. The summed E-state index contributed by atoms with van der Waals surface area (Å²) in [6, 6.07) is 1.98. The van der Waals surface area contributed by atoms with Crippen LogP contribution in [0.2, 0.25) is 0 Å². The van der Waals surface area contributed by atoms with Gasteiger partial charge in [-0.1, -0.05) is 0 Å². The average molecular weight is 294 g/mol. The lowest BCUT2D eigenvalue weighted by molar-refractivity contribution is -0.00689. The smallest absolute Gasteiger partial charge is 0.178 e. The highest BCUT2D eigenvalue weighted by molar-refractivity contribution is 5.99. The van der Waals surface area contributed by atoms with Crippen molar-refractivity contribution in [2.24, 2.45) is 7.05 Å². The van der Waals surface area contributed by atoms with Gasteiger partial charge in [0.15, 0.2) is 5.78 Å². The molecule has 1 aliphatic heterocycles. The van der Waals surface area contributed by atoms with Crippen LogP contribution in [0.5, 0.6) is 0 Å². The number of aromatic nitrogens is 1. The molecular weight excluding hydrogens is 268 g/mol. The molecule has 2 rings (SSSR count). The lowest BCUT2D eigenvalue weighted by atomic mass is 10.1. The van der Waals surface area contributed by atoms with Crippen LogP contribution in [0.3, 0.4) is 0 Å². The van der Waals surface area contributed by atoms with E-state index >= 15 is 0 Å². The summed E-state index contributed by atoms with van der Waals surface area (Å²) < 4.78 is 7.60. The van der Waals surface area contributed by atoms with E-state index < -0.39 is 0 Å². The molecule has 1 saturated heterocycles. The molecule has 118 valence electrons. The first-order chi connectivity index (χ1) is 10.0. The molecule has 0 aliphatic carbocycles. The van der Waals surface area contributed by atoms with Crippen molar-refractivity contribution in [3.8, 4) is 0 Å². The highest BCUT2D eigenvalue weighted by Crippen LogP contribution is 2.17. The number of aliphatic hydroxyl groups excluding tert-OH is 1. The monoisotopic (exact) mass is 294 g/mol. The summed E-state index contributed by atoms with van der Waals surface area (Å²) in [7, 11) is 1.99. The minimum absolute atomic E-state index is 0.0747. The lowest BCUT2D eigenvalue weighted by Crippen LogP contribution is -2.40. The van der Waals surface area contributed by atoms with Gasteiger partial charge in [-0.15, -0.1) is 0 Å². The number of hydrogen-bond donors (Lipinski definition) is 1. The third-order valence-electron chi connectivity index (χ3n) is 4.42. The van der Waals surface area contributed by atoms with Gasteiger partial charge in [-0.3, -0.25) is 9.69 Å². The van der Waals surface area contributed by atoms with Gasteiger partial charge in [-0.05, 0) is 32.8 Å². The Morgan fingerprint density at radius 1 is 1.38 bits per heavy atom. The fourth-order valence-corrected chi connectivity index (χ4v) is 2.88. The summed E-state index contributed by atoms with van der Waals surface area (Å²) in [6.45, 7) is 6.75. The van der Waals surface area contributed by atoms with E-state index in [1.165, 1.54) is 0 Å². The third kappa shape index (κ3) is 3.93. The van der Waals surface area contributed by atoms with Crippen LogP contribution < -0.4 is 0 Å². The van der Waals surface area contributed by atoms with Crippen molar-refractivity contribution in [3.63, 3.8) is 0 Å². The van der Waals surface area contributed by atoms with Gasteiger partial charge in [0, 0.05) is 37.1 Å². The van der Waals surface area contributed by atoms with Crippen LogP contribution in [0.4, 0.5) is 0 Å². The van der Waals surface area contributed by atoms with E-state index in [0.29, 0.717) is 13.2 Å². The average Bonchev–Trinajstić information content (AvgIpc) is 2.74. The standard InChI is InChI=1S/C16H26N2O3/c1-12-10-15(13(2)17(12)3)16(20)11-18-6-4-14(5-7-18)21-9-8-19/h10,14,19H,4-9,11H2,1-3H3. The Morgan fingerprint density at radius 2 is 2.05 bits per heavy atom. The molecule has 0 spiro atoms. The molecule has 1 fully saturated rings. The molecule has 0 aromatic carbocycles. The van der Waals surface area contributed by atoms with E-state index in [1.54, 1.807) is 0 Å². The zero-order valence-corrected chi connectivity index (χ0v) is 13.3. The second-order valence-electron chi connectivity index (χ2n) is 5.84. The number of hydrogen-bond acceptors (Lipinski definition) is 4. The maximum Gasteiger partial charge on any atom is 0.178 e. The van der Waals surface area contributed by atoms with Crippen LogP contribution in [0.1, 0.15) is 34.6 Å². The van der Waals surface area contributed by atoms with E-state index in [0.717, 1.165) is 42.9 Å². The number of nitrogens with zero attached hydrogens (tertiary/aromatic N) is 2. The Kier molecular flexibility index (Phi) is 5.56. The van der Waals surface area contributed by atoms with Crippen molar-refractivity contribution in [3.05, 3.63) is 23.0 Å². The first-order valence-electron chi connectivity index (χ1n) is 7.64. The number of Topliss-reactive ketones (excluding diaryl/α,β-unsaturated/α-hetero) is 1. The molecule has 0 saturated carbocycles. The van der Waals surface area contributed by atoms with Gasteiger partial charge in [0.1, 0.15) is 0 Å². The van der Waals surface area contributed by atoms with Crippen molar-refractivity contribution < 1.29 is 14.6 Å². The number of aliphatic hydroxyl groups is 1. The van der Waals surface area contributed by atoms with E-state index in [2.05, 4.69) is 9.47 Å². The molecule has 0 unspecified atom stereocenters. The minimum Gasteiger partial charge on any atom is -0.394 e. The summed E-state index contributed by atoms with van der Waals surface area (Å²) in [5.41, 5.74) is 3.00. The van der Waals surface area contributed by atoms with Gasteiger partial charge >= 0.3 is 0 Å². The molecule has 0 bridgehead atoms. The third-order valence-corrected chi connectivity index (χ3v) is 4.42. The highest BCUT2D eigenvalue weighted by atomic mass is 16.5. The summed E-state index contributed by atoms with van der Waals surface area (Å²) in [5.74, 6) is 0.200. The van der Waals surface area contributed by atoms with Crippen LogP contribution in [0, 0.1) is 13.8 Å². The zero-order valence-electron chi connectivity index (χ0n) is 13.3. The first kappa shape index (κ1) is 16.2. The van der Waals surface area contributed by atoms with Gasteiger partial charge in [0.25, 0.3) is 0 Å². The number of piperidine rings is 1. The molecule has 1 aromatic rings. The van der Waals surface area contributed by atoms with Crippen LogP contribution in [-0.4, -0.2) is 59.3 Å². The van der Waals surface area contributed by atoms with E-state index in [1.807, 2.05) is 27.0 Å². The van der Waals surface area contributed by atoms with Gasteiger partial charge in [-0.25, -0.2) is 0 Å². The topological polar surface area (TPSA) is 54.7 Å². The molecule has 0 radical (unpaired) electrons. The summed E-state index contributed by atoms with van der Waals surface area (Å²) in [6.07, 6.45) is 2.09. The second-order valence-corrected chi connectivity index (χ2v) is 5.84. The molecule has 5 heteroatoms. The maximum atomic E-state index is 12.4. The van der Waals surface area contributed by atoms with Crippen molar-refractivity contribution in [1.82, 2.24) is 9.47 Å². The van der Waals surface area contributed by atoms with Crippen LogP contribution >= 0.6 is 0 Å². The number of ketones is 1. The number of carbonyl (C=O) groups excluding carboxylic acids is 1. The van der Waals surface area contributed by atoms with Crippen molar-refractivity contribution >= 4 is 5.78 Å². The molecule has 0 atom stereocenters. The molecule has 5 nitrogen and oxygen atoms in total. The fourth-order valence-electron chi connectivity index (χ4n) is 2.88. The van der Waals surface area contributed by atoms with Gasteiger partial charge in [-0.2, -0.15) is 0 Å². The predicted molar refractivity (Wildman–Crippen MR) is 81.7 cm³/mol.